The Morgan fingerprint density at radius 3 is 2.72 bits per heavy atom. The molecule has 1 amide bonds. The number of carbonyl (C=O) groups excluding carboxylic acids is 1. The van der Waals surface area contributed by atoms with Gasteiger partial charge in [-0.2, -0.15) is 0 Å². The zero-order valence-electron chi connectivity index (χ0n) is 10.5. The van der Waals surface area contributed by atoms with Crippen LogP contribution in [-0.2, 0) is 4.79 Å². The smallest absolute Gasteiger partial charge is 0.271 e. The molecule has 0 bridgehead atoms. The lowest BCUT2D eigenvalue weighted by Gasteiger charge is -2.14. The summed E-state index contributed by atoms with van der Waals surface area (Å²) in [5.41, 5.74) is 6.68. The van der Waals surface area contributed by atoms with Gasteiger partial charge in [0, 0.05) is 18.7 Å². The van der Waals surface area contributed by atoms with Gasteiger partial charge in [-0.3, -0.25) is 14.9 Å². The molecule has 0 heterocycles. The van der Waals surface area contributed by atoms with Gasteiger partial charge in [0.1, 0.15) is 0 Å². The lowest BCUT2D eigenvalue weighted by Crippen LogP contribution is -2.28. The molecule has 0 radical (unpaired) electrons. The van der Waals surface area contributed by atoms with Crippen LogP contribution in [0.2, 0.25) is 0 Å². The summed E-state index contributed by atoms with van der Waals surface area (Å²) in [6.07, 6.45) is 0.635. The van der Waals surface area contributed by atoms with E-state index in [4.69, 9.17) is 5.73 Å². The first-order valence-electron chi connectivity index (χ1n) is 5.75. The fourth-order valence-electron chi connectivity index (χ4n) is 1.55. The van der Waals surface area contributed by atoms with Crippen molar-refractivity contribution in [3.63, 3.8) is 0 Å². The van der Waals surface area contributed by atoms with E-state index >= 15 is 0 Å². The van der Waals surface area contributed by atoms with Crippen LogP contribution in [0.4, 0.5) is 11.4 Å². The highest BCUT2D eigenvalue weighted by atomic mass is 16.6. The number of benzene rings is 1. The molecule has 18 heavy (non-hydrogen) atoms. The Morgan fingerprint density at radius 1 is 1.56 bits per heavy atom. The first-order valence-corrected chi connectivity index (χ1v) is 5.75. The molecule has 1 aromatic rings. The second-order valence-electron chi connectivity index (χ2n) is 4.09. The van der Waals surface area contributed by atoms with Crippen LogP contribution in [0.25, 0.3) is 0 Å². The summed E-state index contributed by atoms with van der Waals surface area (Å²) >= 11 is 0. The van der Waals surface area contributed by atoms with Crippen molar-refractivity contribution in [3.8, 4) is 0 Å². The predicted octanol–water partition coefficient (Wildman–Crippen LogP) is 1.83. The summed E-state index contributed by atoms with van der Waals surface area (Å²) < 4.78 is 0. The van der Waals surface area contributed by atoms with Crippen LogP contribution in [0.15, 0.2) is 18.2 Å². The monoisotopic (exact) mass is 251 g/mol. The van der Waals surface area contributed by atoms with Gasteiger partial charge in [-0.1, -0.05) is 13.0 Å². The van der Waals surface area contributed by atoms with Crippen molar-refractivity contribution in [2.24, 2.45) is 11.7 Å². The van der Waals surface area contributed by atoms with Crippen molar-refractivity contribution in [3.05, 3.63) is 33.9 Å². The molecule has 3 N–H and O–H groups in total. The summed E-state index contributed by atoms with van der Waals surface area (Å²) in [7, 11) is 0. The van der Waals surface area contributed by atoms with Gasteiger partial charge in [0.05, 0.1) is 16.5 Å². The molecule has 0 aliphatic heterocycles. The molecule has 0 fully saturated rings. The fourth-order valence-corrected chi connectivity index (χ4v) is 1.55. The third-order valence-electron chi connectivity index (χ3n) is 2.84. The number of nitrogens with two attached hydrogens (primary N) is 1. The molecule has 1 rings (SSSR count). The van der Waals surface area contributed by atoms with E-state index in [0.717, 1.165) is 5.56 Å². The Balaban J connectivity index is 2.93. The van der Waals surface area contributed by atoms with E-state index in [0.29, 0.717) is 12.1 Å². The molecule has 1 aromatic carbocycles. The van der Waals surface area contributed by atoms with Crippen LogP contribution in [0.5, 0.6) is 0 Å². The van der Waals surface area contributed by atoms with E-state index in [-0.39, 0.29) is 24.1 Å². The van der Waals surface area contributed by atoms with Gasteiger partial charge in [0.15, 0.2) is 0 Å². The number of nitro groups is 1. The van der Waals surface area contributed by atoms with Crippen LogP contribution >= 0.6 is 0 Å². The number of hydrogen-bond donors (Lipinski definition) is 2. The molecule has 98 valence electrons. The summed E-state index contributed by atoms with van der Waals surface area (Å²) in [4.78, 5) is 22.0. The zero-order valence-corrected chi connectivity index (χ0v) is 10.5. The van der Waals surface area contributed by atoms with Gasteiger partial charge < -0.3 is 11.1 Å². The first kappa shape index (κ1) is 14.1. The van der Waals surface area contributed by atoms with Gasteiger partial charge in [-0.05, 0) is 18.9 Å². The van der Waals surface area contributed by atoms with Gasteiger partial charge >= 0.3 is 0 Å². The number of rotatable bonds is 5. The van der Waals surface area contributed by atoms with Crippen LogP contribution in [0.1, 0.15) is 18.9 Å². The minimum atomic E-state index is -0.491. The van der Waals surface area contributed by atoms with Crippen molar-refractivity contribution >= 4 is 17.3 Å². The normalized spacial score (nSPS) is 11.9. The van der Waals surface area contributed by atoms with Crippen LogP contribution in [0.3, 0.4) is 0 Å². The van der Waals surface area contributed by atoms with E-state index in [1.807, 2.05) is 6.92 Å². The van der Waals surface area contributed by atoms with E-state index < -0.39 is 4.92 Å². The molecular formula is C12H17N3O3. The van der Waals surface area contributed by atoms with Crippen molar-refractivity contribution < 1.29 is 9.72 Å². The molecule has 0 aliphatic carbocycles. The Morgan fingerprint density at radius 2 is 2.22 bits per heavy atom. The van der Waals surface area contributed by atoms with E-state index in [2.05, 4.69) is 5.32 Å². The average molecular weight is 251 g/mol. The molecular weight excluding hydrogens is 234 g/mol. The molecule has 1 unspecified atom stereocenters. The summed E-state index contributed by atoms with van der Waals surface area (Å²) in [5.74, 6) is -0.479. The van der Waals surface area contributed by atoms with Gasteiger partial charge in [0.2, 0.25) is 5.91 Å². The van der Waals surface area contributed by atoms with E-state index in [9.17, 15) is 14.9 Å². The highest BCUT2D eigenvalue weighted by Crippen LogP contribution is 2.22. The maximum absolute atomic E-state index is 11.8. The molecule has 6 heteroatoms. The van der Waals surface area contributed by atoms with Crippen molar-refractivity contribution in [1.82, 2.24) is 0 Å². The Labute approximate surface area is 105 Å². The van der Waals surface area contributed by atoms with Crippen molar-refractivity contribution in [2.45, 2.75) is 20.3 Å². The zero-order chi connectivity index (χ0) is 13.7. The number of amides is 1. The third kappa shape index (κ3) is 3.27. The topological polar surface area (TPSA) is 98.3 Å². The standard InChI is InChI=1S/C12H17N3O3/c1-3-9(7-13)12(16)14-11-6-10(15(17)18)5-4-8(11)2/h4-6,9H,3,7,13H2,1-2H3,(H,14,16). The van der Waals surface area contributed by atoms with E-state index in [1.165, 1.54) is 12.1 Å². The average Bonchev–Trinajstić information content (AvgIpc) is 2.33. The summed E-state index contributed by atoms with van der Waals surface area (Å²) in [5, 5.41) is 13.4. The number of nitro benzene ring substituents is 1. The predicted molar refractivity (Wildman–Crippen MR) is 69.3 cm³/mol. The molecule has 0 spiro atoms. The van der Waals surface area contributed by atoms with Crippen LogP contribution in [-0.4, -0.2) is 17.4 Å². The maximum atomic E-state index is 11.8. The second-order valence-corrected chi connectivity index (χ2v) is 4.09. The SMILES string of the molecule is CCC(CN)C(=O)Nc1cc([N+](=O)[O-])ccc1C. The Bertz CT molecular complexity index is 456. The van der Waals surface area contributed by atoms with Crippen molar-refractivity contribution in [1.29, 1.82) is 0 Å². The number of nitrogens with one attached hydrogen (secondary N) is 1. The Hall–Kier alpha value is -1.95. The minimum Gasteiger partial charge on any atom is -0.330 e. The number of aryl methyl sites for hydroxylation is 1. The molecule has 0 aliphatic rings. The van der Waals surface area contributed by atoms with Gasteiger partial charge in [0.25, 0.3) is 5.69 Å². The number of carbonyl (C=O) groups is 1. The maximum Gasteiger partial charge on any atom is 0.271 e. The highest BCUT2D eigenvalue weighted by Gasteiger charge is 2.16. The molecule has 0 saturated carbocycles. The third-order valence-corrected chi connectivity index (χ3v) is 2.84. The summed E-state index contributed by atoms with van der Waals surface area (Å²) in [6, 6.07) is 4.37. The number of non-ortho nitro benzene ring substituents is 1. The van der Waals surface area contributed by atoms with Crippen LogP contribution in [0, 0.1) is 23.0 Å². The van der Waals surface area contributed by atoms with E-state index in [1.54, 1.807) is 13.0 Å². The summed E-state index contributed by atoms with van der Waals surface area (Å²) in [6.45, 7) is 3.91. The molecule has 0 aromatic heterocycles. The first-order chi connectivity index (χ1) is 8.49. The molecule has 1 atom stereocenters. The Kier molecular flexibility index (Phi) is 4.79. The van der Waals surface area contributed by atoms with Crippen LogP contribution < -0.4 is 11.1 Å². The minimum absolute atomic E-state index is 0.0447. The number of anilines is 1. The number of nitrogens with zero attached hydrogens (tertiary/aromatic N) is 1. The van der Waals surface area contributed by atoms with Gasteiger partial charge in [-0.25, -0.2) is 0 Å². The number of hydrogen-bond acceptors (Lipinski definition) is 4. The van der Waals surface area contributed by atoms with Crippen molar-refractivity contribution in [2.75, 3.05) is 11.9 Å². The highest BCUT2D eigenvalue weighted by molar-refractivity contribution is 5.93. The lowest BCUT2D eigenvalue weighted by molar-refractivity contribution is -0.384. The quantitative estimate of drug-likeness (QED) is 0.616. The largest absolute Gasteiger partial charge is 0.330 e. The van der Waals surface area contributed by atoms with Gasteiger partial charge in [-0.15, -0.1) is 0 Å². The lowest BCUT2D eigenvalue weighted by atomic mass is 10.1. The molecule has 0 saturated heterocycles. The fraction of sp³-hybridized carbons (Fsp3) is 0.417. The molecule has 6 nitrogen and oxygen atoms in total. The second kappa shape index (κ2) is 6.11.